The predicted molar refractivity (Wildman–Crippen MR) is 186 cm³/mol. The van der Waals surface area contributed by atoms with E-state index in [-0.39, 0.29) is 50.9 Å². The van der Waals surface area contributed by atoms with E-state index in [2.05, 4.69) is 6.07 Å². The molecule has 6 rings (SSSR count). The van der Waals surface area contributed by atoms with Crippen LogP contribution < -0.4 is 9.64 Å². The molecule has 1 amide bonds. The van der Waals surface area contributed by atoms with Crippen molar-refractivity contribution in [3.05, 3.63) is 123 Å². The third-order valence-electron chi connectivity index (χ3n) is 9.27. The first-order valence-corrected chi connectivity index (χ1v) is 18.5. The molecule has 0 unspecified atom stereocenters. The zero-order valence-electron chi connectivity index (χ0n) is 29.4. The predicted octanol–water partition coefficient (Wildman–Crippen LogP) is 8.36. The maximum Gasteiger partial charge on any atom is 0.335 e. The first kappa shape index (κ1) is 38.8. The third kappa shape index (κ3) is 8.11. The number of nitrogens with zero attached hydrogens (tertiary/aromatic N) is 2. The Morgan fingerprint density at radius 1 is 0.815 bits per heavy atom. The van der Waals surface area contributed by atoms with Gasteiger partial charge in [0.15, 0.2) is 28.2 Å². The summed E-state index contributed by atoms with van der Waals surface area (Å²) < 4.78 is 122. The Kier molecular flexibility index (Phi) is 10.6. The van der Waals surface area contributed by atoms with E-state index in [4.69, 9.17) is 4.74 Å². The standard InChI is InChI=1S/C39H36F6N2O6S/c1-39(2,3)26-15-21(14-25(16-26)22-8-9-22)18-47(29-13-10-23(38(49)50)17-30(29)53-27-11-12-27)31(48)20-46(19-24-6-4-5-7-28(24)40)54(51,52)37-35(44)33(42)32(41)34(43)36(37)45/h4-7,10,13-17,22,27H,8-9,11-12,18-20H2,1-3H3,(H,49,50). The minimum absolute atomic E-state index is 0.0190. The van der Waals surface area contributed by atoms with Gasteiger partial charge in [-0.3, -0.25) is 4.79 Å². The molecule has 0 bridgehead atoms. The number of sulfonamides is 1. The molecule has 4 aromatic rings. The van der Waals surface area contributed by atoms with Crippen LogP contribution in [0.25, 0.3) is 0 Å². The molecule has 4 aromatic carbocycles. The Bertz CT molecular complexity index is 2220. The van der Waals surface area contributed by atoms with Crippen LogP contribution in [0.2, 0.25) is 0 Å². The van der Waals surface area contributed by atoms with Gasteiger partial charge in [-0.2, -0.15) is 4.31 Å². The molecule has 0 heterocycles. The fraction of sp³-hybridized carbons (Fsp3) is 0.333. The van der Waals surface area contributed by atoms with Crippen molar-refractivity contribution in [3.63, 3.8) is 0 Å². The molecule has 286 valence electrons. The van der Waals surface area contributed by atoms with Crippen molar-refractivity contribution in [1.29, 1.82) is 0 Å². The number of carbonyl (C=O) groups is 2. The quantitative estimate of drug-likeness (QED) is 0.0833. The normalized spacial score (nSPS) is 14.7. The van der Waals surface area contributed by atoms with Crippen molar-refractivity contribution in [1.82, 2.24) is 4.31 Å². The van der Waals surface area contributed by atoms with E-state index in [0.717, 1.165) is 41.0 Å². The molecule has 8 nitrogen and oxygen atoms in total. The van der Waals surface area contributed by atoms with Crippen LogP contribution in [0.4, 0.5) is 32.0 Å². The lowest BCUT2D eigenvalue weighted by molar-refractivity contribution is -0.119. The van der Waals surface area contributed by atoms with E-state index in [1.807, 2.05) is 32.9 Å². The van der Waals surface area contributed by atoms with Crippen LogP contribution in [0.15, 0.2) is 65.6 Å². The van der Waals surface area contributed by atoms with Crippen molar-refractivity contribution in [2.45, 2.75) is 81.9 Å². The molecule has 0 aliphatic heterocycles. The number of benzene rings is 4. The molecular weight excluding hydrogens is 738 g/mol. The molecule has 2 fully saturated rings. The number of carbonyl (C=O) groups excluding carboxylic acids is 1. The van der Waals surface area contributed by atoms with Gasteiger partial charge in [0.05, 0.1) is 30.4 Å². The van der Waals surface area contributed by atoms with E-state index in [0.29, 0.717) is 18.4 Å². The molecular formula is C39H36F6N2O6S. The number of carboxylic acid groups (broad SMARTS) is 1. The van der Waals surface area contributed by atoms with Gasteiger partial charge in [0.25, 0.3) is 0 Å². The van der Waals surface area contributed by atoms with Crippen LogP contribution >= 0.6 is 0 Å². The number of halogens is 6. The van der Waals surface area contributed by atoms with Crippen LogP contribution in [0.5, 0.6) is 5.75 Å². The van der Waals surface area contributed by atoms with Gasteiger partial charge in [-0.05, 0) is 78.0 Å². The number of aromatic carboxylic acids is 1. The Balaban J connectivity index is 1.50. The number of anilines is 1. The summed E-state index contributed by atoms with van der Waals surface area (Å²) in [6.45, 7) is 3.43. The summed E-state index contributed by atoms with van der Waals surface area (Å²) in [5, 5.41) is 9.73. The summed E-state index contributed by atoms with van der Waals surface area (Å²) in [7, 11) is -5.78. The minimum Gasteiger partial charge on any atom is -0.488 e. The zero-order valence-corrected chi connectivity index (χ0v) is 30.3. The number of carboxylic acids is 1. The van der Waals surface area contributed by atoms with Crippen molar-refractivity contribution in [3.8, 4) is 5.75 Å². The second kappa shape index (κ2) is 14.7. The van der Waals surface area contributed by atoms with Crippen LogP contribution in [0, 0.1) is 34.9 Å². The number of hydrogen-bond acceptors (Lipinski definition) is 5. The van der Waals surface area contributed by atoms with Crippen molar-refractivity contribution >= 4 is 27.6 Å². The molecule has 0 radical (unpaired) electrons. The molecule has 1 N–H and O–H groups in total. The van der Waals surface area contributed by atoms with Crippen molar-refractivity contribution in [2.75, 3.05) is 11.4 Å². The van der Waals surface area contributed by atoms with Gasteiger partial charge in [0.2, 0.25) is 21.7 Å². The fourth-order valence-electron chi connectivity index (χ4n) is 5.93. The number of rotatable bonds is 13. The Morgan fingerprint density at radius 2 is 1.44 bits per heavy atom. The highest BCUT2D eigenvalue weighted by Gasteiger charge is 2.39. The van der Waals surface area contributed by atoms with Gasteiger partial charge in [0.1, 0.15) is 11.6 Å². The Hall–Kier alpha value is -4.89. The zero-order chi connectivity index (χ0) is 39.3. The van der Waals surface area contributed by atoms with Gasteiger partial charge in [-0.25, -0.2) is 39.6 Å². The highest BCUT2D eigenvalue weighted by molar-refractivity contribution is 7.89. The van der Waals surface area contributed by atoms with Crippen LogP contribution in [0.1, 0.15) is 85.0 Å². The summed E-state index contributed by atoms with van der Waals surface area (Å²) in [6, 6.07) is 14.2. The summed E-state index contributed by atoms with van der Waals surface area (Å²) in [5.74, 6) is -16.1. The lowest BCUT2D eigenvalue weighted by atomic mass is 9.84. The van der Waals surface area contributed by atoms with Gasteiger partial charge in [-0.15, -0.1) is 0 Å². The average Bonchev–Trinajstić information content (AvgIpc) is 4.05. The van der Waals surface area contributed by atoms with Crippen molar-refractivity contribution in [2.24, 2.45) is 0 Å². The van der Waals surface area contributed by atoms with E-state index in [9.17, 15) is 40.7 Å². The lowest BCUT2D eigenvalue weighted by Crippen LogP contribution is -2.43. The van der Waals surface area contributed by atoms with Gasteiger partial charge >= 0.3 is 5.97 Å². The van der Waals surface area contributed by atoms with Crippen LogP contribution in [-0.4, -0.2) is 42.4 Å². The molecule has 2 aliphatic carbocycles. The second-order valence-electron chi connectivity index (χ2n) is 14.5. The first-order chi connectivity index (χ1) is 25.4. The van der Waals surface area contributed by atoms with E-state index >= 15 is 8.78 Å². The third-order valence-corrected chi connectivity index (χ3v) is 11.1. The summed E-state index contributed by atoms with van der Waals surface area (Å²) in [6.07, 6.45) is 2.88. The van der Waals surface area contributed by atoms with E-state index < -0.39 is 74.8 Å². The van der Waals surface area contributed by atoms with Crippen LogP contribution in [-0.2, 0) is 33.3 Å². The Morgan fingerprint density at radius 3 is 2.02 bits per heavy atom. The number of amides is 1. The fourth-order valence-corrected chi connectivity index (χ4v) is 7.41. The minimum atomic E-state index is -5.78. The molecule has 0 atom stereocenters. The number of ether oxygens (including phenoxy) is 1. The van der Waals surface area contributed by atoms with Gasteiger partial charge in [0, 0.05) is 12.1 Å². The molecule has 0 saturated heterocycles. The monoisotopic (exact) mass is 774 g/mol. The van der Waals surface area contributed by atoms with E-state index in [1.54, 1.807) is 0 Å². The lowest BCUT2D eigenvalue weighted by Gasteiger charge is -2.30. The van der Waals surface area contributed by atoms with Gasteiger partial charge < -0.3 is 14.7 Å². The second-order valence-corrected chi connectivity index (χ2v) is 16.4. The molecule has 15 heteroatoms. The Labute approximate surface area is 308 Å². The maximum absolute atomic E-state index is 15.1. The largest absolute Gasteiger partial charge is 0.488 e. The average molecular weight is 775 g/mol. The maximum atomic E-state index is 15.1. The summed E-state index contributed by atoms with van der Waals surface area (Å²) in [4.78, 5) is 25.4. The molecule has 2 aliphatic rings. The van der Waals surface area contributed by atoms with Gasteiger partial charge in [-0.1, -0.05) is 57.2 Å². The SMILES string of the molecule is CC(C)(C)c1cc(CN(C(=O)CN(Cc2ccccc2F)S(=O)(=O)c2c(F)c(F)c(F)c(F)c2F)c2ccc(C(=O)O)cc2OC2CC2)cc(C2CC2)c1. The summed E-state index contributed by atoms with van der Waals surface area (Å²) >= 11 is 0. The highest BCUT2D eigenvalue weighted by Crippen LogP contribution is 2.43. The summed E-state index contributed by atoms with van der Waals surface area (Å²) in [5.41, 5.74) is 1.67. The van der Waals surface area contributed by atoms with E-state index in [1.165, 1.54) is 30.3 Å². The first-order valence-electron chi connectivity index (χ1n) is 17.1. The molecule has 0 spiro atoms. The van der Waals surface area contributed by atoms with Crippen LogP contribution in [0.3, 0.4) is 0 Å². The molecule has 2 saturated carbocycles. The molecule has 54 heavy (non-hydrogen) atoms. The number of hydrogen-bond donors (Lipinski definition) is 1. The molecule has 0 aromatic heterocycles. The topological polar surface area (TPSA) is 104 Å². The van der Waals surface area contributed by atoms with Crippen molar-refractivity contribution < 1.29 is 54.2 Å². The smallest absolute Gasteiger partial charge is 0.335 e. The highest BCUT2D eigenvalue weighted by atomic mass is 32.2.